The van der Waals surface area contributed by atoms with Crippen LogP contribution in [0.15, 0.2) is 24.4 Å². The van der Waals surface area contributed by atoms with Crippen LogP contribution in [-0.4, -0.2) is 48.3 Å². The molecule has 1 fully saturated rings. The number of nitrogens with two attached hydrogens (primary N) is 1. The van der Waals surface area contributed by atoms with Crippen molar-refractivity contribution in [3.05, 3.63) is 35.7 Å². The van der Waals surface area contributed by atoms with E-state index in [1.54, 1.807) is 20.4 Å². The topological polar surface area (TPSA) is 93.5 Å². The van der Waals surface area contributed by atoms with Gasteiger partial charge in [-0.05, 0) is 30.5 Å². The number of rotatable bonds is 6. The maximum absolute atomic E-state index is 12.5. The lowest BCUT2D eigenvalue weighted by atomic mass is 10.0. The van der Waals surface area contributed by atoms with Crippen LogP contribution in [0.5, 0.6) is 11.5 Å². The number of hydrogen-bond donors (Lipinski definition) is 2. The van der Waals surface area contributed by atoms with Crippen LogP contribution in [0.25, 0.3) is 0 Å². The highest BCUT2D eigenvalue weighted by molar-refractivity contribution is 5.77. The zero-order valence-electron chi connectivity index (χ0n) is 14.6. The van der Waals surface area contributed by atoms with Crippen LogP contribution in [0.3, 0.4) is 0 Å². The molecule has 25 heavy (non-hydrogen) atoms. The zero-order valence-corrected chi connectivity index (χ0v) is 14.6. The summed E-state index contributed by atoms with van der Waals surface area (Å²) in [4.78, 5) is 14.4. The molecule has 3 N–H and O–H groups in total. The van der Waals surface area contributed by atoms with Crippen molar-refractivity contribution in [3.63, 3.8) is 0 Å². The van der Waals surface area contributed by atoms with E-state index in [0.717, 1.165) is 24.2 Å². The standard InChI is InChI=1S/C18H24N4O3/c1-24-15-5-3-12(9-16(15)25-2)4-6-17(23)22-8-7-13(11-22)18-14(19)10-20-21-18/h3,5,9-10,13H,4,6-8,11,19H2,1-2H3,(H,20,21). The molecule has 7 nitrogen and oxygen atoms in total. The molecule has 1 unspecified atom stereocenters. The third-order valence-electron chi connectivity index (χ3n) is 4.72. The molecule has 0 saturated carbocycles. The minimum Gasteiger partial charge on any atom is -0.493 e. The number of ether oxygens (including phenoxy) is 2. The number of benzene rings is 1. The van der Waals surface area contributed by atoms with Crippen molar-refractivity contribution in [2.24, 2.45) is 0 Å². The van der Waals surface area contributed by atoms with E-state index in [0.29, 0.717) is 36.6 Å². The van der Waals surface area contributed by atoms with Gasteiger partial charge >= 0.3 is 0 Å². The molecule has 1 aromatic heterocycles. The minimum absolute atomic E-state index is 0.162. The van der Waals surface area contributed by atoms with E-state index in [1.807, 2.05) is 23.1 Å². The smallest absolute Gasteiger partial charge is 0.222 e. The Balaban J connectivity index is 1.56. The quantitative estimate of drug-likeness (QED) is 0.835. The van der Waals surface area contributed by atoms with E-state index in [9.17, 15) is 4.79 Å². The van der Waals surface area contributed by atoms with E-state index < -0.39 is 0 Å². The Morgan fingerprint density at radius 3 is 2.84 bits per heavy atom. The summed E-state index contributed by atoms with van der Waals surface area (Å²) >= 11 is 0. The van der Waals surface area contributed by atoms with Crippen molar-refractivity contribution in [1.29, 1.82) is 0 Å². The average Bonchev–Trinajstić information content (AvgIpc) is 3.28. The van der Waals surface area contributed by atoms with Crippen LogP contribution >= 0.6 is 0 Å². The summed E-state index contributed by atoms with van der Waals surface area (Å²) < 4.78 is 10.5. The number of nitrogens with zero attached hydrogens (tertiary/aromatic N) is 2. The van der Waals surface area contributed by atoms with Crippen LogP contribution in [0.2, 0.25) is 0 Å². The van der Waals surface area contributed by atoms with Crippen molar-refractivity contribution in [1.82, 2.24) is 15.1 Å². The molecule has 7 heteroatoms. The van der Waals surface area contributed by atoms with Gasteiger partial charge in [-0.15, -0.1) is 0 Å². The molecule has 1 amide bonds. The monoisotopic (exact) mass is 344 g/mol. The van der Waals surface area contributed by atoms with Crippen molar-refractivity contribution < 1.29 is 14.3 Å². The Morgan fingerprint density at radius 1 is 1.36 bits per heavy atom. The molecule has 1 atom stereocenters. The van der Waals surface area contributed by atoms with E-state index in [4.69, 9.17) is 15.2 Å². The van der Waals surface area contributed by atoms with Crippen molar-refractivity contribution >= 4 is 11.6 Å². The lowest BCUT2D eigenvalue weighted by molar-refractivity contribution is -0.130. The predicted octanol–water partition coefficient (Wildman–Crippen LogP) is 1.96. The fourth-order valence-electron chi connectivity index (χ4n) is 3.30. The summed E-state index contributed by atoms with van der Waals surface area (Å²) in [6.07, 6.45) is 3.68. The molecule has 1 aliphatic heterocycles. The Morgan fingerprint density at radius 2 is 2.16 bits per heavy atom. The van der Waals surface area contributed by atoms with Gasteiger partial charge in [0.1, 0.15) is 0 Å². The van der Waals surface area contributed by atoms with Crippen molar-refractivity contribution in [2.75, 3.05) is 33.0 Å². The van der Waals surface area contributed by atoms with Crippen LogP contribution in [-0.2, 0) is 11.2 Å². The number of methoxy groups -OCH3 is 2. The Kier molecular flexibility index (Phi) is 5.11. The van der Waals surface area contributed by atoms with Gasteiger partial charge in [0.15, 0.2) is 11.5 Å². The SMILES string of the molecule is COc1ccc(CCC(=O)N2CCC(c3[nH]ncc3N)C2)cc1OC. The molecule has 2 heterocycles. The first kappa shape index (κ1) is 17.1. The summed E-state index contributed by atoms with van der Waals surface area (Å²) in [6, 6.07) is 5.75. The number of likely N-dealkylation sites (tertiary alicyclic amines) is 1. The number of carbonyl (C=O) groups excluding carboxylic acids is 1. The lowest BCUT2D eigenvalue weighted by Crippen LogP contribution is -2.28. The molecular formula is C18H24N4O3. The molecule has 0 radical (unpaired) electrons. The molecule has 2 aromatic rings. The summed E-state index contributed by atoms with van der Waals surface area (Å²) in [5.74, 6) is 1.78. The molecule has 1 saturated heterocycles. The van der Waals surface area contributed by atoms with Crippen LogP contribution in [0.1, 0.15) is 30.0 Å². The van der Waals surface area contributed by atoms with Crippen molar-refractivity contribution in [3.8, 4) is 11.5 Å². The largest absolute Gasteiger partial charge is 0.493 e. The maximum Gasteiger partial charge on any atom is 0.222 e. The second-order valence-corrected chi connectivity index (χ2v) is 6.25. The number of hydrogen-bond acceptors (Lipinski definition) is 5. The van der Waals surface area contributed by atoms with Gasteiger partial charge in [0, 0.05) is 25.4 Å². The van der Waals surface area contributed by atoms with E-state index in [1.165, 1.54) is 0 Å². The predicted molar refractivity (Wildman–Crippen MR) is 94.8 cm³/mol. The van der Waals surface area contributed by atoms with Gasteiger partial charge in [-0.2, -0.15) is 5.10 Å². The first-order valence-corrected chi connectivity index (χ1v) is 8.39. The number of nitrogen functional groups attached to an aromatic ring is 1. The average molecular weight is 344 g/mol. The molecule has 1 aliphatic rings. The fraction of sp³-hybridized carbons (Fsp3) is 0.444. The van der Waals surface area contributed by atoms with Crippen LogP contribution < -0.4 is 15.2 Å². The van der Waals surface area contributed by atoms with Gasteiger partial charge in [0.2, 0.25) is 5.91 Å². The minimum atomic E-state index is 0.162. The number of aromatic amines is 1. The highest BCUT2D eigenvalue weighted by Crippen LogP contribution is 2.30. The van der Waals surface area contributed by atoms with Crippen LogP contribution in [0.4, 0.5) is 5.69 Å². The molecule has 0 aliphatic carbocycles. The van der Waals surface area contributed by atoms with Gasteiger partial charge in [0.25, 0.3) is 0 Å². The fourth-order valence-corrected chi connectivity index (χ4v) is 3.30. The second-order valence-electron chi connectivity index (χ2n) is 6.25. The van der Waals surface area contributed by atoms with Crippen molar-refractivity contribution in [2.45, 2.75) is 25.2 Å². The number of aryl methyl sites for hydroxylation is 1. The first-order valence-electron chi connectivity index (χ1n) is 8.39. The number of nitrogens with one attached hydrogen (secondary N) is 1. The number of aromatic nitrogens is 2. The molecule has 0 bridgehead atoms. The summed E-state index contributed by atoms with van der Waals surface area (Å²) in [6.45, 7) is 1.45. The van der Waals surface area contributed by atoms with Crippen LogP contribution in [0, 0.1) is 0 Å². The Hall–Kier alpha value is -2.70. The number of amides is 1. The van der Waals surface area contributed by atoms with E-state index in [-0.39, 0.29) is 11.8 Å². The molecular weight excluding hydrogens is 320 g/mol. The lowest BCUT2D eigenvalue weighted by Gasteiger charge is -2.17. The normalized spacial score (nSPS) is 16.9. The molecule has 3 rings (SSSR count). The van der Waals surface area contributed by atoms with Gasteiger partial charge in [-0.1, -0.05) is 6.07 Å². The third-order valence-corrected chi connectivity index (χ3v) is 4.72. The highest BCUT2D eigenvalue weighted by Gasteiger charge is 2.29. The highest BCUT2D eigenvalue weighted by atomic mass is 16.5. The molecule has 134 valence electrons. The zero-order chi connectivity index (χ0) is 17.8. The van der Waals surface area contributed by atoms with Gasteiger partial charge in [-0.25, -0.2) is 0 Å². The maximum atomic E-state index is 12.5. The van der Waals surface area contributed by atoms with E-state index >= 15 is 0 Å². The Labute approximate surface area is 147 Å². The number of anilines is 1. The van der Waals surface area contributed by atoms with Gasteiger partial charge in [-0.3, -0.25) is 9.89 Å². The van der Waals surface area contributed by atoms with Gasteiger partial charge in [0.05, 0.1) is 31.8 Å². The summed E-state index contributed by atoms with van der Waals surface area (Å²) in [7, 11) is 3.22. The number of carbonyl (C=O) groups is 1. The first-order chi connectivity index (χ1) is 12.1. The second kappa shape index (κ2) is 7.46. The molecule has 0 spiro atoms. The molecule has 1 aromatic carbocycles. The van der Waals surface area contributed by atoms with E-state index in [2.05, 4.69) is 10.2 Å². The third kappa shape index (κ3) is 3.70. The number of H-pyrrole nitrogens is 1. The van der Waals surface area contributed by atoms with Gasteiger partial charge < -0.3 is 20.1 Å². The summed E-state index contributed by atoms with van der Waals surface area (Å²) in [5.41, 5.74) is 8.57. The summed E-state index contributed by atoms with van der Waals surface area (Å²) in [5, 5.41) is 6.92. The Bertz CT molecular complexity index is 744.